The Bertz CT molecular complexity index is 377. The predicted octanol–water partition coefficient (Wildman–Crippen LogP) is 1.66. The maximum absolute atomic E-state index is 11.7. The van der Waals surface area contributed by atoms with E-state index in [1.54, 1.807) is 12.1 Å². The SMILES string of the molecule is CCC(CO)NC(=O)c1ccc(Br)c(O)c1. The summed E-state index contributed by atoms with van der Waals surface area (Å²) in [6.07, 6.45) is 0.657. The number of benzene rings is 1. The molecule has 0 saturated heterocycles. The highest BCUT2D eigenvalue weighted by atomic mass is 79.9. The molecule has 0 fully saturated rings. The normalized spacial score (nSPS) is 12.2. The van der Waals surface area contributed by atoms with Gasteiger partial charge in [-0.1, -0.05) is 6.92 Å². The number of amides is 1. The number of nitrogens with one attached hydrogen (secondary N) is 1. The first-order valence-electron chi connectivity index (χ1n) is 4.98. The highest BCUT2D eigenvalue weighted by molar-refractivity contribution is 9.10. The van der Waals surface area contributed by atoms with E-state index in [4.69, 9.17) is 5.11 Å². The molecule has 1 aromatic rings. The van der Waals surface area contributed by atoms with E-state index in [2.05, 4.69) is 21.2 Å². The zero-order valence-electron chi connectivity index (χ0n) is 8.90. The Hall–Kier alpha value is -1.07. The minimum atomic E-state index is -0.302. The van der Waals surface area contributed by atoms with Crippen LogP contribution in [0, 0.1) is 0 Å². The molecule has 0 aliphatic rings. The van der Waals surface area contributed by atoms with Gasteiger partial charge in [-0.2, -0.15) is 0 Å². The number of aliphatic hydroxyl groups is 1. The number of aromatic hydroxyl groups is 1. The number of halogens is 1. The van der Waals surface area contributed by atoms with Gasteiger partial charge in [0, 0.05) is 5.56 Å². The minimum Gasteiger partial charge on any atom is -0.507 e. The van der Waals surface area contributed by atoms with Crippen molar-refractivity contribution >= 4 is 21.8 Å². The zero-order chi connectivity index (χ0) is 12.1. The van der Waals surface area contributed by atoms with Crippen LogP contribution in [0.4, 0.5) is 0 Å². The van der Waals surface area contributed by atoms with Gasteiger partial charge in [0.2, 0.25) is 0 Å². The van der Waals surface area contributed by atoms with Crippen molar-refractivity contribution in [3.8, 4) is 5.75 Å². The number of rotatable bonds is 4. The van der Waals surface area contributed by atoms with Gasteiger partial charge in [-0.15, -0.1) is 0 Å². The molecule has 88 valence electrons. The number of hydrogen-bond acceptors (Lipinski definition) is 3. The standard InChI is InChI=1S/C11H14BrNO3/c1-2-8(6-14)13-11(16)7-3-4-9(12)10(15)5-7/h3-5,8,14-15H,2,6H2,1H3,(H,13,16). The molecule has 0 aromatic heterocycles. The van der Waals surface area contributed by atoms with Gasteiger partial charge in [0.25, 0.3) is 5.91 Å². The third-order valence-corrected chi connectivity index (χ3v) is 2.93. The van der Waals surface area contributed by atoms with Gasteiger partial charge in [0.1, 0.15) is 5.75 Å². The first kappa shape index (κ1) is 13.0. The van der Waals surface area contributed by atoms with Crippen LogP contribution in [0.1, 0.15) is 23.7 Å². The van der Waals surface area contributed by atoms with Gasteiger partial charge in [-0.3, -0.25) is 4.79 Å². The molecule has 1 amide bonds. The molecule has 0 spiro atoms. The van der Waals surface area contributed by atoms with Crippen molar-refractivity contribution in [3.63, 3.8) is 0 Å². The number of hydrogen-bond donors (Lipinski definition) is 3. The second kappa shape index (κ2) is 5.86. The van der Waals surface area contributed by atoms with Crippen molar-refractivity contribution in [1.82, 2.24) is 5.32 Å². The zero-order valence-corrected chi connectivity index (χ0v) is 10.5. The minimum absolute atomic E-state index is 0.0182. The molecule has 0 radical (unpaired) electrons. The molecule has 0 heterocycles. The van der Waals surface area contributed by atoms with Gasteiger partial charge >= 0.3 is 0 Å². The van der Waals surface area contributed by atoms with Crippen LogP contribution < -0.4 is 5.32 Å². The van der Waals surface area contributed by atoms with Crippen molar-refractivity contribution in [2.75, 3.05) is 6.61 Å². The molecular weight excluding hydrogens is 274 g/mol. The summed E-state index contributed by atoms with van der Waals surface area (Å²) in [5.74, 6) is -0.284. The van der Waals surface area contributed by atoms with E-state index in [-0.39, 0.29) is 24.3 Å². The largest absolute Gasteiger partial charge is 0.507 e. The van der Waals surface area contributed by atoms with Crippen LogP contribution in [-0.4, -0.2) is 28.8 Å². The Morgan fingerprint density at radius 3 is 2.75 bits per heavy atom. The monoisotopic (exact) mass is 287 g/mol. The van der Waals surface area contributed by atoms with E-state index >= 15 is 0 Å². The highest BCUT2D eigenvalue weighted by Crippen LogP contribution is 2.24. The van der Waals surface area contributed by atoms with Crippen LogP contribution in [0.5, 0.6) is 5.75 Å². The number of phenols is 1. The molecule has 0 aliphatic heterocycles. The summed E-state index contributed by atoms with van der Waals surface area (Å²) in [5.41, 5.74) is 0.368. The van der Waals surface area contributed by atoms with Gasteiger partial charge in [0.05, 0.1) is 17.1 Å². The lowest BCUT2D eigenvalue weighted by molar-refractivity contribution is 0.0914. The lowest BCUT2D eigenvalue weighted by Gasteiger charge is -2.14. The molecule has 1 rings (SSSR count). The fourth-order valence-electron chi connectivity index (χ4n) is 1.20. The first-order chi connectivity index (χ1) is 7.58. The van der Waals surface area contributed by atoms with Crippen molar-refractivity contribution in [2.45, 2.75) is 19.4 Å². The molecule has 5 heteroatoms. The fraction of sp³-hybridized carbons (Fsp3) is 0.364. The summed E-state index contributed by atoms with van der Waals surface area (Å²) in [6, 6.07) is 4.33. The van der Waals surface area contributed by atoms with Crippen LogP contribution in [0.15, 0.2) is 22.7 Å². The van der Waals surface area contributed by atoms with E-state index in [0.29, 0.717) is 16.5 Å². The second-order valence-electron chi connectivity index (χ2n) is 3.43. The topological polar surface area (TPSA) is 69.6 Å². The third kappa shape index (κ3) is 3.21. The van der Waals surface area contributed by atoms with Crippen molar-refractivity contribution in [3.05, 3.63) is 28.2 Å². The summed E-state index contributed by atoms with van der Waals surface area (Å²) in [6.45, 7) is 1.78. The summed E-state index contributed by atoms with van der Waals surface area (Å²) < 4.78 is 0.540. The predicted molar refractivity (Wildman–Crippen MR) is 64.4 cm³/mol. The molecule has 0 saturated carbocycles. The fourth-order valence-corrected chi connectivity index (χ4v) is 1.45. The third-order valence-electron chi connectivity index (χ3n) is 2.26. The Morgan fingerprint density at radius 2 is 2.25 bits per heavy atom. The molecule has 1 atom stereocenters. The van der Waals surface area contributed by atoms with E-state index < -0.39 is 0 Å². The second-order valence-corrected chi connectivity index (χ2v) is 4.28. The quantitative estimate of drug-likeness (QED) is 0.789. The Kier molecular flexibility index (Phi) is 4.76. The number of aliphatic hydroxyl groups excluding tert-OH is 1. The number of carbonyl (C=O) groups is 1. The molecule has 1 unspecified atom stereocenters. The lowest BCUT2D eigenvalue weighted by Crippen LogP contribution is -2.36. The summed E-state index contributed by atoms with van der Waals surface area (Å²) in [5, 5.41) is 21.0. The summed E-state index contributed by atoms with van der Waals surface area (Å²) in [7, 11) is 0. The van der Waals surface area contributed by atoms with E-state index in [9.17, 15) is 9.90 Å². The highest BCUT2D eigenvalue weighted by Gasteiger charge is 2.12. The molecule has 3 N–H and O–H groups in total. The lowest BCUT2D eigenvalue weighted by atomic mass is 10.1. The first-order valence-corrected chi connectivity index (χ1v) is 5.78. The van der Waals surface area contributed by atoms with Gasteiger partial charge in [-0.25, -0.2) is 0 Å². The van der Waals surface area contributed by atoms with Crippen LogP contribution >= 0.6 is 15.9 Å². The van der Waals surface area contributed by atoms with E-state index in [1.165, 1.54) is 6.07 Å². The van der Waals surface area contributed by atoms with Gasteiger partial charge < -0.3 is 15.5 Å². The molecule has 0 bridgehead atoms. The van der Waals surface area contributed by atoms with Crippen molar-refractivity contribution in [2.24, 2.45) is 0 Å². The van der Waals surface area contributed by atoms with Crippen LogP contribution in [-0.2, 0) is 0 Å². The van der Waals surface area contributed by atoms with Crippen LogP contribution in [0.3, 0.4) is 0 Å². The van der Waals surface area contributed by atoms with Crippen LogP contribution in [0.2, 0.25) is 0 Å². The summed E-state index contributed by atoms with van der Waals surface area (Å²) in [4.78, 5) is 11.7. The maximum Gasteiger partial charge on any atom is 0.251 e. The smallest absolute Gasteiger partial charge is 0.251 e. The Labute approximate surface area is 102 Å². The molecule has 4 nitrogen and oxygen atoms in total. The Morgan fingerprint density at radius 1 is 1.56 bits per heavy atom. The summed E-state index contributed by atoms with van der Waals surface area (Å²) >= 11 is 3.13. The molecule has 1 aromatic carbocycles. The van der Waals surface area contributed by atoms with Crippen molar-refractivity contribution < 1.29 is 15.0 Å². The van der Waals surface area contributed by atoms with Gasteiger partial charge in [0.15, 0.2) is 0 Å². The molecular formula is C11H14BrNO3. The van der Waals surface area contributed by atoms with Crippen molar-refractivity contribution in [1.29, 1.82) is 0 Å². The molecule has 0 aliphatic carbocycles. The maximum atomic E-state index is 11.7. The average molecular weight is 288 g/mol. The van der Waals surface area contributed by atoms with E-state index in [1.807, 2.05) is 6.92 Å². The number of phenolic OH excluding ortho intramolecular Hbond substituents is 1. The number of carbonyl (C=O) groups excluding carboxylic acids is 1. The van der Waals surface area contributed by atoms with Gasteiger partial charge in [-0.05, 0) is 40.5 Å². The average Bonchev–Trinajstić information content (AvgIpc) is 2.29. The Balaban J connectivity index is 2.76. The molecule has 16 heavy (non-hydrogen) atoms. The van der Waals surface area contributed by atoms with E-state index in [0.717, 1.165) is 0 Å². The van der Waals surface area contributed by atoms with Crippen LogP contribution in [0.25, 0.3) is 0 Å².